The summed E-state index contributed by atoms with van der Waals surface area (Å²) in [6.45, 7) is 0. The van der Waals surface area contributed by atoms with Crippen LogP contribution in [0.1, 0.15) is 17.2 Å². The number of nitrogens with two attached hydrogens (primary N) is 1. The van der Waals surface area contributed by atoms with Crippen LogP contribution in [0, 0.1) is 0 Å². The van der Waals surface area contributed by atoms with E-state index in [4.69, 9.17) is 17.4 Å². The zero-order chi connectivity index (χ0) is 11.4. The Bertz CT molecular complexity index is 444. The Balaban J connectivity index is 2.20. The number of halogens is 1. The SMILES string of the molecule is NNC(Cc1ccsc1)c1ccncc1Cl. The van der Waals surface area contributed by atoms with Gasteiger partial charge >= 0.3 is 0 Å². The summed E-state index contributed by atoms with van der Waals surface area (Å²) in [5.41, 5.74) is 5.02. The largest absolute Gasteiger partial charge is 0.271 e. The zero-order valence-corrected chi connectivity index (χ0v) is 10.1. The van der Waals surface area contributed by atoms with Gasteiger partial charge in [0, 0.05) is 12.4 Å². The molecule has 84 valence electrons. The number of hydrogen-bond donors (Lipinski definition) is 2. The van der Waals surface area contributed by atoms with Crippen molar-refractivity contribution in [2.45, 2.75) is 12.5 Å². The molecule has 0 saturated carbocycles. The van der Waals surface area contributed by atoms with Gasteiger partial charge in [-0.2, -0.15) is 11.3 Å². The van der Waals surface area contributed by atoms with Crippen LogP contribution in [0.5, 0.6) is 0 Å². The first kappa shape index (κ1) is 11.5. The van der Waals surface area contributed by atoms with E-state index in [-0.39, 0.29) is 6.04 Å². The van der Waals surface area contributed by atoms with Crippen molar-refractivity contribution >= 4 is 22.9 Å². The second kappa shape index (κ2) is 5.41. The molecule has 0 bridgehead atoms. The van der Waals surface area contributed by atoms with Gasteiger partial charge in [-0.3, -0.25) is 16.3 Å². The second-order valence-corrected chi connectivity index (χ2v) is 4.64. The third kappa shape index (κ3) is 2.59. The summed E-state index contributed by atoms with van der Waals surface area (Å²) in [6.07, 6.45) is 4.18. The van der Waals surface area contributed by atoms with E-state index in [1.54, 1.807) is 23.7 Å². The molecule has 0 aliphatic heterocycles. The van der Waals surface area contributed by atoms with E-state index in [1.165, 1.54) is 5.56 Å². The van der Waals surface area contributed by atoms with Crippen molar-refractivity contribution in [3.8, 4) is 0 Å². The van der Waals surface area contributed by atoms with E-state index in [1.807, 2.05) is 6.07 Å². The topological polar surface area (TPSA) is 50.9 Å². The van der Waals surface area contributed by atoms with Gasteiger partial charge in [0.05, 0.1) is 11.1 Å². The highest BCUT2D eigenvalue weighted by Crippen LogP contribution is 2.24. The van der Waals surface area contributed by atoms with Gasteiger partial charge in [-0.1, -0.05) is 11.6 Å². The van der Waals surface area contributed by atoms with E-state index in [0.29, 0.717) is 5.02 Å². The average Bonchev–Trinajstić information content (AvgIpc) is 2.80. The van der Waals surface area contributed by atoms with E-state index < -0.39 is 0 Å². The van der Waals surface area contributed by atoms with Crippen LogP contribution in [-0.2, 0) is 6.42 Å². The van der Waals surface area contributed by atoms with E-state index in [2.05, 4.69) is 27.2 Å². The molecule has 16 heavy (non-hydrogen) atoms. The highest BCUT2D eigenvalue weighted by molar-refractivity contribution is 7.07. The molecule has 0 fully saturated rings. The summed E-state index contributed by atoms with van der Waals surface area (Å²) >= 11 is 7.76. The summed E-state index contributed by atoms with van der Waals surface area (Å²) in [6, 6.07) is 3.99. The molecular weight excluding hydrogens is 242 g/mol. The summed E-state index contributed by atoms with van der Waals surface area (Å²) in [4.78, 5) is 3.96. The van der Waals surface area contributed by atoms with Crippen LogP contribution in [-0.4, -0.2) is 4.98 Å². The molecule has 0 saturated heterocycles. The molecule has 0 radical (unpaired) electrons. The van der Waals surface area contributed by atoms with Gasteiger partial charge in [0.15, 0.2) is 0 Å². The van der Waals surface area contributed by atoms with Gasteiger partial charge in [0.25, 0.3) is 0 Å². The third-order valence-corrected chi connectivity index (χ3v) is 3.45. The predicted octanol–water partition coefficient (Wildman–Crippen LogP) is 2.54. The Morgan fingerprint density at radius 3 is 3.00 bits per heavy atom. The van der Waals surface area contributed by atoms with Crippen molar-refractivity contribution in [2.75, 3.05) is 0 Å². The lowest BCUT2D eigenvalue weighted by Gasteiger charge is -2.16. The van der Waals surface area contributed by atoms with Crippen LogP contribution in [0.15, 0.2) is 35.3 Å². The molecule has 1 unspecified atom stereocenters. The Kier molecular flexibility index (Phi) is 3.90. The van der Waals surface area contributed by atoms with Crippen molar-refractivity contribution in [2.24, 2.45) is 5.84 Å². The van der Waals surface area contributed by atoms with Gasteiger partial charge in [-0.25, -0.2) is 0 Å². The molecule has 2 aromatic heterocycles. The van der Waals surface area contributed by atoms with Crippen LogP contribution in [0.2, 0.25) is 5.02 Å². The molecule has 5 heteroatoms. The quantitative estimate of drug-likeness (QED) is 0.650. The molecule has 0 aromatic carbocycles. The van der Waals surface area contributed by atoms with Gasteiger partial charge < -0.3 is 0 Å². The number of thiophene rings is 1. The van der Waals surface area contributed by atoms with Crippen molar-refractivity contribution < 1.29 is 0 Å². The highest BCUT2D eigenvalue weighted by Gasteiger charge is 2.13. The summed E-state index contributed by atoms with van der Waals surface area (Å²) in [5.74, 6) is 5.56. The fourth-order valence-electron chi connectivity index (χ4n) is 1.57. The number of aromatic nitrogens is 1. The number of hydrogen-bond acceptors (Lipinski definition) is 4. The molecular formula is C11H12ClN3S. The molecule has 0 amide bonds. The lowest BCUT2D eigenvalue weighted by molar-refractivity contribution is 0.552. The number of pyridine rings is 1. The maximum Gasteiger partial charge on any atom is 0.0637 e. The summed E-state index contributed by atoms with van der Waals surface area (Å²) in [5, 5.41) is 4.80. The standard InChI is InChI=1S/C11H12ClN3S/c12-10-6-14-3-1-9(10)11(15-13)5-8-2-4-16-7-8/h1-4,6-7,11,15H,5,13H2. The Labute approximate surface area is 103 Å². The van der Waals surface area contributed by atoms with E-state index in [9.17, 15) is 0 Å². The van der Waals surface area contributed by atoms with Crippen LogP contribution in [0.4, 0.5) is 0 Å². The van der Waals surface area contributed by atoms with Gasteiger partial charge in [-0.15, -0.1) is 0 Å². The minimum absolute atomic E-state index is 0.0186. The van der Waals surface area contributed by atoms with Gasteiger partial charge in [0.1, 0.15) is 0 Å². The predicted molar refractivity (Wildman–Crippen MR) is 67.3 cm³/mol. The average molecular weight is 254 g/mol. The van der Waals surface area contributed by atoms with E-state index >= 15 is 0 Å². The van der Waals surface area contributed by atoms with Crippen molar-refractivity contribution in [1.29, 1.82) is 0 Å². The molecule has 0 aliphatic rings. The fraction of sp³-hybridized carbons (Fsp3) is 0.182. The Morgan fingerprint density at radius 2 is 2.38 bits per heavy atom. The number of nitrogens with one attached hydrogen (secondary N) is 1. The number of nitrogens with zero attached hydrogens (tertiary/aromatic N) is 1. The molecule has 2 aromatic rings. The van der Waals surface area contributed by atoms with E-state index in [0.717, 1.165) is 12.0 Å². The monoisotopic (exact) mass is 253 g/mol. The number of hydrazine groups is 1. The zero-order valence-electron chi connectivity index (χ0n) is 8.56. The molecule has 3 nitrogen and oxygen atoms in total. The summed E-state index contributed by atoms with van der Waals surface area (Å²) in [7, 11) is 0. The molecule has 2 rings (SSSR count). The lowest BCUT2D eigenvalue weighted by atomic mass is 10.0. The normalized spacial score (nSPS) is 12.6. The van der Waals surface area contributed by atoms with Gasteiger partial charge in [0.2, 0.25) is 0 Å². The fourth-order valence-corrected chi connectivity index (χ4v) is 2.50. The minimum atomic E-state index is 0.0186. The minimum Gasteiger partial charge on any atom is -0.271 e. The third-order valence-electron chi connectivity index (χ3n) is 2.40. The first-order valence-corrected chi connectivity index (χ1v) is 6.20. The Morgan fingerprint density at radius 1 is 1.50 bits per heavy atom. The summed E-state index contributed by atoms with van der Waals surface area (Å²) < 4.78 is 0. The van der Waals surface area contributed by atoms with Crippen LogP contribution < -0.4 is 11.3 Å². The van der Waals surface area contributed by atoms with Crippen LogP contribution in [0.3, 0.4) is 0 Å². The van der Waals surface area contributed by atoms with Gasteiger partial charge in [-0.05, 0) is 40.4 Å². The first-order chi connectivity index (χ1) is 7.81. The van der Waals surface area contributed by atoms with Crippen LogP contribution in [0.25, 0.3) is 0 Å². The maximum atomic E-state index is 6.08. The second-order valence-electron chi connectivity index (χ2n) is 3.45. The van der Waals surface area contributed by atoms with Crippen molar-refractivity contribution in [3.05, 3.63) is 51.4 Å². The smallest absolute Gasteiger partial charge is 0.0637 e. The lowest BCUT2D eigenvalue weighted by Crippen LogP contribution is -2.29. The molecule has 3 N–H and O–H groups in total. The number of rotatable bonds is 4. The van der Waals surface area contributed by atoms with Crippen molar-refractivity contribution in [3.63, 3.8) is 0 Å². The molecule has 1 atom stereocenters. The first-order valence-electron chi connectivity index (χ1n) is 4.88. The molecule has 2 heterocycles. The maximum absolute atomic E-state index is 6.08. The highest BCUT2D eigenvalue weighted by atomic mass is 35.5. The Hall–Kier alpha value is -0.940. The van der Waals surface area contributed by atoms with Crippen molar-refractivity contribution in [1.82, 2.24) is 10.4 Å². The molecule has 0 spiro atoms. The van der Waals surface area contributed by atoms with Crippen LogP contribution >= 0.6 is 22.9 Å². The molecule has 0 aliphatic carbocycles.